The van der Waals surface area contributed by atoms with Gasteiger partial charge in [0.05, 0.1) is 10.2 Å². The van der Waals surface area contributed by atoms with E-state index in [0.29, 0.717) is 27.2 Å². The quantitative estimate of drug-likeness (QED) is 0.425. The molecular formula is C18H15IN2O3. The van der Waals surface area contributed by atoms with Crippen LogP contribution in [0.15, 0.2) is 48.0 Å². The molecule has 0 radical (unpaired) electrons. The summed E-state index contributed by atoms with van der Waals surface area (Å²) in [6.45, 7) is 2.46. The van der Waals surface area contributed by atoms with Gasteiger partial charge in [0.15, 0.2) is 0 Å². The molecule has 2 aromatic rings. The molecule has 0 bridgehead atoms. The highest BCUT2D eigenvalue weighted by molar-refractivity contribution is 14.1. The van der Waals surface area contributed by atoms with E-state index in [1.165, 1.54) is 12.1 Å². The van der Waals surface area contributed by atoms with Crippen molar-refractivity contribution in [2.24, 2.45) is 0 Å². The molecule has 2 rings (SSSR count). The van der Waals surface area contributed by atoms with Crippen molar-refractivity contribution in [1.29, 1.82) is 5.26 Å². The number of aromatic hydroxyl groups is 1. The van der Waals surface area contributed by atoms with Crippen molar-refractivity contribution in [3.63, 3.8) is 0 Å². The van der Waals surface area contributed by atoms with Crippen LogP contribution in [0.25, 0.3) is 6.08 Å². The van der Waals surface area contributed by atoms with E-state index in [1.807, 2.05) is 35.6 Å². The van der Waals surface area contributed by atoms with Crippen LogP contribution in [-0.2, 0) is 4.79 Å². The second kappa shape index (κ2) is 8.36. The molecule has 0 aliphatic rings. The molecule has 24 heavy (non-hydrogen) atoms. The Morgan fingerprint density at radius 2 is 2.04 bits per heavy atom. The van der Waals surface area contributed by atoms with Crippen LogP contribution in [0.2, 0.25) is 0 Å². The Balaban J connectivity index is 2.15. The van der Waals surface area contributed by atoms with Crippen molar-refractivity contribution in [3.05, 3.63) is 57.2 Å². The Bertz CT molecular complexity index is 808. The van der Waals surface area contributed by atoms with Crippen LogP contribution in [-0.4, -0.2) is 17.6 Å². The van der Waals surface area contributed by atoms with E-state index in [9.17, 15) is 15.2 Å². The summed E-state index contributed by atoms with van der Waals surface area (Å²) in [6, 6.07) is 13.7. The van der Waals surface area contributed by atoms with Crippen molar-refractivity contribution in [1.82, 2.24) is 0 Å². The van der Waals surface area contributed by atoms with Crippen LogP contribution >= 0.6 is 22.6 Å². The van der Waals surface area contributed by atoms with E-state index in [4.69, 9.17) is 4.74 Å². The van der Waals surface area contributed by atoms with Gasteiger partial charge < -0.3 is 15.2 Å². The maximum Gasteiger partial charge on any atom is 0.266 e. The first kappa shape index (κ1) is 17.8. The van der Waals surface area contributed by atoms with Crippen molar-refractivity contribution < 1.29 is 14.6 Å². The average Bonchev–Trinajstić information content (AvgIpc) is 2.57. The predicted molar refractivity (Wildman–Crippen MR) is 101 cm³/mol. The third-order valence-corrected chi connectivity index (χ3v) is 3.94. The number of hydrogen-bond acceptors (Lipinski definition) is 4. The predicted octanol–water partition coefficient (Wildman–Crippen LogP) is 3.94. The van der Waals surface area contributed by atoms with Crippen LogP contribution < -0.4 is 10.1 Å². The minimum absolute atomic E-state index is 0.0228. The van der Waals surface area contributed by atoms with Gasteiger partial charge in [0.1, 0.15) is 23.1 Å². The van der Waals surface area contributed by atoms with Crippen molar-refractivity contribution in [2.45, 2.75) is 6.92 Å². The monoisotopic (exact) mass is 434 g/mol. The molecule has 1 amide bonds. The summed E-state index contributed by atoms with van der Waals surface area (Å²) in [4.78, 5) is 12.2. The lowest BCUT2D eigenvalue weighted by Gasteiger charge is -2.07. The highest BCUT2D eigenvalue weighted by Gasteiger charge is 2.10. The number of nitrogens with one attached hydrogen (secondary N) is 1. The normalized spacial score (nSPS) is 10.8. The maximum absolute atomic E-state index is 12.2. The molecule has 2 aromatic carbocycles. The number of amides is 1. The summed E-state index contributed by atoms with van der Waals surface area (Å²) >= 11 is 1.98. The number of rotatable bonds is 5. The molecular weight excluding hydrogens is 419 g/mol. The van der Waals surface area contributed by atoms with Gasteiger partial charge in [-0.25, -0.2) is 0 Å². The SMILES string of the molecule is CCOc1ccc(NC(=O)C(C#N)=Cc2ccc(O)c(I)c2)cc1. The van der Waals surface area contributed by atoms with Crippen molar-refractivity contribution in [3.8, 4) is 17.6 Å². The minimum Gasteiger partial charge on any atom is -0.507 e. The second-order valence-corrected chi connectivity index (χ2v) is 5.95. The van der Waals surface area contributed by atoms with Gasteiger partial charge in [0.2, 0.25) is 0 Å². The molecule has 0 spiro atoms. The summed E-state index contributed by atoms with van der Waals surface area (Å²) in [5, 5.41) is 21.4. The number of phenolic OH excluding ortho intramolecular Hbond substituents is 1. The third-order valence-electron chi connectivity index (χ3n) is 3.07. The first-order valence-corrected chi connectivity index (χ1v) is 8.26. The van der Waals surface area contributed by atoms with Crippen LogP contribution in [0.1, 0.15) is 12.5 Å². The number of carbonyl (C=O) groups excluding carboxylic acids is 1. The highest BCUT2D eigenvalue weighted by Crippen LogP contribution is 2.22. The van der Waals surface area contributed by atoms with Crippen LogP contribution in [0, 0.1) is 14.9 Å². The first-order chi connectivity index (χ1) is 11.5. The number of hydrogen-bond donors (Lipinski definition) is 2. The molecule has 122 valence electrons. The van der Waals surface area contributed by atoms with E-state index < -0.39 is 5.91 Å². The zero-order valence-corrected chi connectivity index (χ0v) is 15.1. The Labute approximate surface area is 153 Å². The van der Waals surface area contributed by atoms with Gasteiger partial charge in [-0.1, -0.05) is 6.07 Å². The summed E-state index contributed by atoms with van der Waals surface area (Å²) in [5.74, 6) is 0.375. The fourth-order valence-electron chi connectivity index (χ4n) is 1.93. The lowest BCUT2D eigenvalue weighted by molar-refractivity contribution is -0.112. The van der Waals surface area contributed by atoms with Gasteiger partial charge in [0, 0.05) is 5.69 Å². The van der Waals surface area contributed by atoms with E-state index in [2.05, 4.69) is 5.32 Å². The molecule has 0 unspecified atom stereocenters. The molecule has 0 heterocycles. The molecule has 0 aliphatic heterocycles. The van der Waals surface area contributed by atoms with Gasteiger partial charge in [-0.2, -0.15) is 5.26 Å². The first-order valence-electron chi connectivity index (χ1n) is 7.18. The summed E-state index contributed by atoms with van der Waals surface area (Å²) < 4.78 is 5.98. The van der Waals surface area contributed by atoms with E-state index in [-0.39, 0.29) is 11.3 Å². The fourth-order valence-corrected chi connectivity index (χ4v) is 2.47. The average molecular weight is 434 g/mol. The Hall–Kier alpha value is -2.53. The second-order valence-electron chi connectivity index (χ2n) is 4.79. The lowest BCUT2D eigenvalue weighted by atomic mass is 10.1. The molecule has 0 saturated carbocycles. The molecule has 0 saturated heterocycles. The largest absolute Gasteiger partial charge is 0.507 e. The van der Waals surface area contributed by atoms with Crippen LogP contribution in [0.5, 0.6) is 11.5 Å². The maximum atomic E-state index is 12.2. The molecule has 0 aliphatic carbocycles. The number of benzene rings is 2. The number of nitrogens with zero attached hydrogens (tertiary/aromatic N) is 1. The topological polar surface area (TPSA) is 82.3 Å². The molecule has 6 heteroatoms. The minimum atomic E-state index is -0.496. The molecule has 0 atom stereocenters. The third kappa shape index (κ3) is 4.73. The number of phenols is 1. The van der Waals surface area contributed by atoms with Crippen molar-refractivity contribution >= 4 is 40.3 Å². The number of anilines is 1. The Morgan fingerprint density at radius 3 is 2.62 bits per heavy atom. The summed E-state index contributed by atoms with van der Waals surface area (Å²) in [7, 11) is 0. The zero-order chi connectivity index (χ0) is 17.5. The zero-order valence-electron chi connectivity index (χ0n) is 12.9. The van der Waals surface area contributed by atoms with E-state index >= 15 is 0 Å². The van der Waals surface area contributed by atoms with Gasteiger partial charge in [-0.05, 0) is 77.6 Å². The van der Waals surface area contributed by atoms with E-state index in [0.717, 1.165) is 0 Å². The number of carbonyl (C=O) groups is 1. The molecule has 5 nitrogen and oxygen atoms in total. The van der Waals surface area contributed by atoms with Gasteiger partial charge in [-0.3, -0.25) is 4.79 Å². The van der Waals surface area contributed by atoms with E-state index in [1.54, 1.807) is 36.4 Å². The standard InChI is InChI=1S/C18H15IN2O3/c1-2-24-15-6-4-14(5-7-15)21-18(23)13(11-20)9-12-3-8-17(22)16(19)10-12/h3-10,22H,2H2,1H3,(H,21,23). The smallest absolute Gasteiger partial charge is 0.266 e. The van der Waals surface area contributed by atoms with Gasteiger partial charge >= 0.3 is 0 Å². The molecule has 2 N–H and O–H groups in total. The highest BCUT2D eigenvalue weighted by atomic mass is 127. The summed E-state index contributed by atoms with van der Waals surface area (Å²) in [5.41, 5.74) is 1.21. The number of nitriles is 1. The number of halogens is 1. The Morgan fingerprint density at radius 1 is 1.33 bits per heavy atom. The van der Waals surface area contributed by atoms with Crippen LogP contribution in [0.4, 0.5) is 5.69 Å². The lowest BCUT2D eigenvalue weighted by Crippen LogP contribution is -2.13. The van der Waals surface area contributed by atoms with Crippen molar-refractivity contribution in [2.75, 3.05) is 11.9 Å². The molecule has 0 aromatic heterocycles. The van der Waals surface area contributed by atoms with Gasteiger partial charge in [-0.15, -0.1) is 0 Å². The fraction of sp³-hybridized carbons (Fsp3) is 0.111. The number of ether oxygens (including phenoxy) is 1. The molecule has 0 fully saturated rings. The Kier molecular flexibility index (Phi) is 6.21. The van der Waals surface area contributed by atoms with Crippen LogP contribution in [0.3, 0.4) is 0 Å². The van der Waals surface area contributed by atoms with Gasteiger partial charge in [0.25, 0.3) is 5.91 Å². The summed E-state index contributed by atoms with van der Waals surface area (Å²) in [6.07, 6.45) is 1.48.